The summed E-state index contributed by atoms with van der Waals surface area (Å²) in [6, 6.07) is 56.3. The van der Waals surface area contributed by atoms with E-state index in [2.05, 4.69) is 78.9 Å². The Bertz CT molecular complexity index is 2250. The van der Waals surface area contributed by atoms with Crippen LogP contribution in [0, 0.1) is 5.82 Å². The van der Waals surface area contributed by atoms with Crippen molar-refractivity contribution in [2.45, 2.75) is 63.4 Å². The molecule has 0 radical (unpaired) electrons. The Hall–Kier alpha value is -4.99. The second-order valence-electron chi connectivity index (χ2n) is 14.2. The van der Waals surface area contributed by atoms with Crippen LogP contribution in [0.1, 0.15) is 44.4 Å². The van der Waals surface area contributed by atoms with Crippen LogP contribution in [0.4, 0.5) is 4.39 Å². The van der Waals surface area contributed by atoms with Gasteiger partial charge in [0.25, 0.3) is 0 Å². The number of halogens is 1. The Labute approximate surface area is 332 Å². The predicted molar refractivity (Wildman–Crippen MR) is 220 cm³/mol. The highest BCUT2D eigenvalue weighted by molar-refractivity contribution is 7.19. The fraction of sp³-hybridized carbons (Fsp3) is 0.224. The molecule has 1 fully saturated rings. The van der Waals surface area contributed by atoms with Crippen LogP contribution in [-0.4, -0.2) is 31.0 Å². The van der Waals surface area contributed by atoms with E-state index in [-0.39, 0.29) is 5.82 Å². The van der Waals surface area contributed by atoms with E-state index in [0.717, 1.165) is 48.3 Å². The summed E-state index contributed by atoms with van der Waals surface area (Å²) in [5, 5.41) is 0.921. The average Bonchev–Trinajstić information content (AvgIpc) is 3.64. The summed E-state index contributed by atoms with van der Waals surface area (Å²) in [5.74, 6) is -0.225. The first kappa shape index (κ1) is 37.9. The quantitative estimate of drug-likeness (QED) is 0.0981. The maximum Gasteiger partial charge on any atom is 0.123 e. The molecule has 0 bridgehead atoms. The minimum Gasteiger partial charge on any atom is -0.374 e. The lowest BCUT2D eigenvalue weighted by atomic mass is 9.89. The minimum absolute atomic E-state index is 0.225. The zero-order chi connectivity index (χ0) is 37.9. The first-order chi connectivity index (χ1) is 27.6. The average molecular weight is 765 g/mol. The van der Waals surface area contributed by atoms with Crippen LogP contribution >= 0.6 is 11.3 Å². The maximum absolute atomic E-state index is 14.0. The van der Waals surface area contributed by atoms with Crippen molar-refractivity contribution >= 4 is 21.4 Å². The predicted octanol–water partition coefficient (Wildman–Crippen LogP) is 11.0. The molecule has 1 aliphatic rings. The number of fused-ring (bicyclic) bond motifs is 1. The zero-order valence-corrected chi connectivity index (χ0v) is 31.9. The van der Waals surface area contributed by atoms with Gasteiger partial charge in [-0.3, -0.25) is 0 Å². The second-order valence-corrected chi connectivity index (χ2v) is 15.4. The van der Waals surface area contributed by atoms with E-state index in [1.807, 2.05) is 78.9 Å². The lowest BCUT2D eigenvalue weighted by molar-refractivity contribution is -0.275. The molecule has 7 heteroatoms. The summed E-state index contributed by atoms with van der Waals surface area (Å²) in [7, 11) is 0. The highest BCUT2D eigenvalue weighted by Crippen LogP contribution is 2.39. The largest absolute Gasteiger partial charge is 0.374 e. The lowest BCUT2D eigenvalue weighted by Gasteiger charge is -2.46. The van der Waals surface area contributed by atoms with Crippen molar-refractivity contribution in [2.24, 2.45) is 0 Å². The van der Waals surface area contributed by atoms with Crippen LogP contribution in [0.3, 0.4) is 0 Å². The Morgan fingerprint density at radius 3 is 1.64 bits per heavy atom. The Kier molecular flexibility index (Phi) is 12.7. The number of thiophene rings is 1. The van der Waals surface area contributed by atoms with Gasteiger partial charge in [0, 0.05) is 16.0 Å². The third kappa shape index (κ3) is 9.87. The monoisotopic (exact) mass is 764 g/mol. The van der Waals surface area contributed by atoms with E-state index in [0.29, 0.717) is 39.5 Å². The minimum atomic E-state index is -0.535. The number of benzene rings is 6. The second kappa shape index (κ2) is 18.8. The molecule has 1 aliphatic heterocycles. The highest BCUT2D eigenvalue weighted by atomic mass is 32.1. The van der Waals surface area contributed by atoms with Crippen molar-refractivity contribution in [3.63, 3.8) is 0 Å². The van der Waals surface area contributed by atoms with Gasteiger partial charge in [-0.1, -0.05) is 146 Å². The summed E-state index contributed by atoms with van der Waals surface area (Å²) in [6.07, 6.45) is -1.85. The van der Waals surface area contributed by atoms with Gasteiger partial charge >= 0.3 is 0 Å². The van der Waals surface area contributed by atoms with Gasteiger partial charge < -0.3 is 23.7 Å². The van der Waals surface area contributed by atoms with Gasteiger partial charge in [0.2, 0.25) is 0 Å². The molecule has 7 aromatic rings. The van der Waals surface area contributed by atoms with Crippen LogP contribution in [-0.2, 0) is 56.5 Å². The molecule has 0 saturated carbocycles. The molecule has 5 atom stereocenters. The molecule has 56 heavy (non-hydrogen) atoms. The third-order valence-corrected chi connectivity index (χ3v) is 11.2. The summed E-state index contributed by atoms with van der Waals surface area (Å²) >= 11 is 1.69. The fourth-order valence-electron chi connectivity index (χ4n) is 7.30. The third-order valence-electron chi connectivity index (χ3n) is 10.1. The molecule has 1 saturated heterocycles. The highest BCUT2D eigenvalue weighted by Gasteiger charge is 2.49. The van der Waals surface area contributed by atoms with Gasteiger partial charge in [-0.25, -0.2) is 4.39 Å². The maximum atomic E-state index is 14.0. The molecule has 0 spiro atoms. The van der Waals surface area contributed by atoms with Crippen LogP contribution in [0.15, 0.2) is 170 Å². The van der Waals surface area contributed by atoms with E-state index in [1.165, 1.54) is 6.07 Å². The summed E-state index contributed by atoms with van der Waals surface area (Å²) in [5.41, 5.74) is 6.36. The van der Waals surface area contributed by atoms with Crippen LogP contribution in [0.5, 0.6) is 0 Å². The van der Waals surface area contributed by atoms with Crippen molar-refractivity contribution in [1.82, 2.24) is 0 Å². The summed E-state index contributed by atoms with van der Waals surface area (Å²) < 4.78 is 49.5. The molecular weight excluding hydrogens is 720 g/mol. The van der Waals surface area contributed by atoms with E-state index in [9.17, 15) is 4.39 Å². The molecule has 0 aliphatic carbocycles. The summed E-state index contributed by atoms with van der Waals surface area (Å²) in [4.78, 5) is 1.16. The summed E-state index contributed by atoms with van der Waals surface area (Å²) in [6.45, 7) is 1.85. The molecule has 0 amide bonds. The van der Waals surface area contributed by atoms with Crippen LogP contribution < -0.4 is 0 Å². The van der Waals surface area contributed by atoms with Gasteiger partial charge in [0.15, 0.2) is 0 Å². The van der Waals surface area contributed by atoms with E-state index in [4.69, 9.17) is 23.7 Å². The Morgan fingerprint density at radius 2 is 1.04 bits per heavy atom. The topological polar surface area (TPSA) is 46.2 Å². The van der Waals surface area contributed by atoms with Gasteiger partial charge in [0.05, 0.1) is 33.0 Å². The zero-order valence-electron chi connectivity index (χ0n) is 31.1. The Morgan fingerprint density at radius 1 is 0.500 bits per heavy atom. The van der Waals surface area contributed by atoms with Crippen molar-refractivity contribution in [1.29, 1.82) is 0 Å². The molecule has 8 rings (SSSR count). The van der Waals surface area contributed by atoms with E-state index in [1.54, 1.807) is 17.4 Å². The molecule has 5 nitrogen and oxygen atoms in total. The van der Waals surface area contributed by atoms with Crippen LogP contribution in [0.2, 0.25) is 0 Å². The molecule has 0 N–H and O–H groups in total. The van der Waals surface area contributed by atoms with Crippen molar-refractivity contribution < 1.29 is 28.1 Å². The first-order valence-electron chi connectivity index (χ1n) is 19.2. The molecule has 1 aromatic heterocycles. The fourth-order valence-corrected chi connectivity index (χ4v) is 8.37. The van der Waals surface area contributed by atoms with Gasteiger partial charge in [-0.15, -0.1) is 11.3 Å². The van der Waals surface area contributed by atoms with Crippen LogP contribution in [0.25, 0.3) is 10.1 Å². The smallest absolute Gasteiger partial charge is 0.123 e. The number of hydrogen-bond donors (Lipinski definition) is 0. The van der Waals surface area contributed by atoms with Gasteiger partial charge in [-0.05, 0) is 63.0 Å². The van der Waals surface area contributed by atoms with Gasteiger partial charge in [0.1, 0.15) is 36.3 Å². The number of ether oxygens (including phenoxy) is 5. The molecule has 0 unspecified atom stereocenters. The molecular formula is C49H45FO5S. The number of hydrogen-bond acceptors (Lipinski definition) is 6. The van der Waals surface area contributed by atoms with Crippen molar-refractivity contribution in [3.8, 4) is 0 Å². The normalized spacial score (nSPS) is 19.6. The van der Waals surface area contributed by atoms with Crippen molar-refractivity contribution in [2.75, 3.05) is 6.61 Å². The molecule has 2 heterocycles. The van der Waals surface area contributed by atoms with Crippen molar-refractivity contribution in [3.05, 3.63) is 214 Å². The Balaban J connectivity index is 1.14. The molecule has 284 valence electrons. The standard InChI is InChI=1S/C49H45FO5S/c50-42-24-25-45-41(28-42)29-43(56-45)27-39-22-13-23-40(26-39)46-48(53-32-37-18-9-3-10-19-37)49(54-33-38-20-11-4-12-21-38)47(52-31-36-16-7-2-8-17-36)44(55-46)34-51-30-35-14-5-1-6-15-35/h1-26,28-29,44,46-49H,27,30-34H2/t44-,46+,47-,48+,49+/m1/s1. The number of rotatable bonds is 16. The van der Waals surface area contributed by atoms with E-state index >= 15 is 0 Å². The molecule has 6 aromatic carbocycles. The van der Waals surface area contributed by atoms with Gasteiger partial charge in [-0.2, -0.15) is 0 Å². The van der Waals surface area contributed by atoms with E-state index < -0.39 is 30.5 Å². The first-order valence-corrected chi connectivity index (χ1v) is 20.0. The lowest BCUT2D eigenvalue weighted by Crippen LogP contribution is -2.58. The SMILES string of the molecule is Fc1ccc2sc(Cc3cccc([C@@H]4O[C@H](COCc5ccccc5)[C@@H](OCc5ccccc5)[C@H](OCc5ccccc5)[C@H]4OCc4ccccc4)c3)cc2c1.